The lowest BCUT2D eigenvalue weighted by Gasteiger charge is -2.06. The molecule has 0 atom stereocenters. The number of benzene rings is 2. The van der Waals surface area contributed by atoms with E-state index in [9.17, 15) is 4.79 Å². The van der Waals surface area contributed by atoms with Gasteiger partial charge in [0.15, 0.2) is 0 Å². The van der Waals surface area contributed by atoms with Crippen molar-refractivity contribution in [2.45, 2.75) is 0 Å². The second-order valence-corrected chi connectivity index (χ2v) is 4.74. The molecule has 96 valence electrons. The lowest BCUT2D eigenvalue weighted by Crippen LogP contribution is -2.05. The summed E-state index contributed by atoms with van der Waals surface area (Å²) in [5.41, 5.74) is 2.25. The van der Waals surface area contributed by atoms with Crippen molar-refractivity contribution in [3.05, 3.63) is 71.2 Å². The molecular formula is C17H11NO2. The van der Waals surface area contributed by atoms with E-state index in [4.69, 9.17) is 4.42 Å². The molecule has 0 aliphatic rings. The smallest absolute Gasteiger partial charge is 0.259 e. The molecule has 0 radical (unpaired) electrons. The van der Waals surface area contributed by atoms with E-state index >= 15 is 0 Å². The molecule has 2 aromatic heterocycles. The van der Waals surface area contributed by atoms with Crippen molar-refractivity contribution in [1.29, 1.82) is 0 Å². The summed E-state index contributed by atoms with van der Waals surface area (Å²) >= 11 is 0. The topological polar surface area (TPSA) is 46.0 Å². The SMILES string of the molecule is O=c1[nH]c(-c2cccc3ccccc23)cc2occc12. The van der Waals surface area contributed by atoms with Crippen molar-refractivity contribution in [3.63, 3.8) is 0 Å². The summed E-state index contributed by atoms with van der Waals surface area (Å²) in [6, 6.07) is 17.7. The quantitative estimate of drug-likeness (QED) is 0.564. The maximum atomic E-state index is 12.1. The number of fused-ring (bicyclic) bond motifs is 2. The maximum Gasteiger partial charge on any atom is 0.259 e. The van der Waals surface area contributed by atoms with Crippen LogP contribution in [0, 0.1) is 0 Å². The molecule has 2 heterocycles. The van der Waals surface area contributed by atoms with E-state index in [2.05, 4.69) is 23.2 Å². The molecule has 0 fully saturated rings. The van der Waals surface area contributed by atoms with Crippen LogP contribution in [-0.2, 0) is 0 Å². The van der Waals surface area contributed by atoms with E-state index in [-0.39, 0.29) is 5.56 Å². The molecule has 20 heavy (non-hydrogen) atoms. The highest BCUT2D eigenvalue weighted by molar-refractivity contribution is 5.97. The molecule has 4 rings (SSSR count). The summed E-state index contributed by atoms with van der Waals surface area (Å²) in [6.45, 7) is 0. The number of hydrogen-bond donors (Lipinski definition) is 1. The fourth-order valence-corrected chi connectivity index (χ4v) is 2.58. The zero-order valence-corrected chi connectivity index (χ0v) is 10.6. The van der Waals surface area contributed by atoms with Crippen LogP contribution in [0.2, 0.25) is 0 Å². The Morgan fingerprint density at radius 3 is 2.70 bits per heavy atom. The molecule has 0 amide bonds. The van der Waals surface area contributed by atoms with Crippen LogP contribution in [0.3, 0.4) is 0 Å². The molecule has 2 aromatic carbocycles. The highest BCUT2D eigenvalue weighted by Crippen LogP contribution is 2.28. The molecule has 4 aromatic rings. The fourth-order valence-electron chi connectivity index (χ4n) is 2.58. The van der Waals surface area contributed by atoms with E-state index in [0.717, 1.165) is 22.0 Å². The average molecular weight is 261 g/mol. The highest BCUT2D eigenvalue weighted by Gasteiger charge is 2.08. The number of pyridine rings is 1. The summed E-state index contributed by atoms with van der Waals surface area (Å²) in [4.78, 5) is 15.0. The molecule has 0 aliphatic heterocycles. The van der Waals surface area contributed by atoms with Gasteiger partial charge in [-0.2, -0.15) is 0 Å². The molecule has 0 bridgehead atoms. The van der Waals surface area contributed by atoms with E-state index < -0.39 is 0 Å². The minimum absolute atomic E-state index is 0.126. The number of H-pyrrole nitrogens is 1. The van der Waals surface area contributed by atoms with Gasteiger partial charge in [-0.05, 0) is 16.8 Å². The number of nitrogens with one attached hydrogen (secondary N) is 1. The molecule has 3 nitrogen and oxygen atoms in total. The van der Waals surface area contributed by atoms with E-state index in [0.29, 0.717) is 11.0 Å². The van der Waals surface area contributed by atoms with Gasteiger partial charge in [0.1, 0.15) is 5.58 Å². The summed E-state index contributed by atoms with van der Waals surface area (Å²) in [5, 5.41) is 2.83. The fraction of sp³-hybridized carbons (Fsp3) is 0. The highest BCUT2D eigenvalue weighted by atomic mass is 16.3. The van der Waals surface area contributed by atoms with E-state index in [1.807, 2.05) is 30.3 Å². The van der Waals surface area contributed by atoms with Gasteiger partial charge < -0.3 is 9.40 Å². The van der Waals surface area contributed by atoms with Crippen molar-refractivity contribution in [2.75, 3.05) is 0 Å². The largest absolute Gasteiger partial charge is 0.464 e. The third-order valence-corrected chi connectivity index (χ3v) is 3.54. The van der Waals surface area contributed by atoms with Crippen LogP contribution < -0.4 is 5.56 Å². The first-order valence-corrected chi connectivity index (χ1v) is 6.41. The Kier molecular flexibility index (Phi) is 2.27. The van der Waals surface area contributed by atoms with Crippen LogP contribution >= 0.6 is 0 Å². The first kappa shape index (κ1) is 11.1. The monoisotopic (exact) mass is 261 g/mol. The molecule has 3 heteroatoms. The first-order chi connectivity index (χ1) is 9.83. The zero-order chi connectivity index (χ0) is 13.5. The summed E-state index contributed by atoms with van der Waals surface area (Å²) < 4.78 is 5.35. The maximum absolute atomic E-state index is 12.1. The second-order valence-electron chi connectivity index (χ2n) is 4.74. The van der Waals surface area contributed by atoms with Crippen LogP contribution in [0.4, 0.5) is 0 Å². The van der Waals surface area contributed by atoms with Gasteiger partial charge in [0.25, 0.3) is 5.56 Å². The van der Waals surface area contributed by atoms with Gasteiger partial charge in [0, 0.05) is 11.6 Å². The van der Waals surface area contributed by atoms with Crippen molar-refractivity contribution in [1.82, 2.24) is 4.98 Å². The third-order valence-electron chi connectivity index (χ3n) is 3.54. The van der Waals surface area contributed by atoms with Gasteiger partial charge >= 0.3 is 0 Å². The van der Waals surface area contributed by atoms with Crippen LogP contribution in [0.25, 0.3) is 33.0 Å². The third kappa shape index (κ3) is 1.57. The Labute approximate surface area is 114 Å². The summed E-state index contributed by atoms with van der Waals surface area (Å²) in [7, 11) is 0. The van der Waals surface area contributed by atoms with Crippen molar-refractivity contribution in [2.24, 2.45) is 0 Å². The average Bonchev–Trinajstić information content (AvgIpc) is 2.95. The van der Waals surface area contributed by atoms with Crippen molar-refractivity contribution in [3.8, 4) is 11.3 Å². The lowest BCUT2D eigenvalue weighted by atomic mass is 10.0. The Bertz CT molecular complexity index is 974. The van der Waals surface area contributed by atoms with Crippen molar-refractivity contribution >= 4 is 21.7 Å². The number of aromatic amines is 1. The number of hydrogen-bond acceptors (Lipinski definition) is 2. The van der Waals surface area contributed by atoms with Gasteiger partial charge in [0.05, 0.1) is 17.3 Å². The summed E-state index contributed by atoms with van der Waals surface area (Å²) in [5.74, 6) is 0. The Hall–Kier alpha value is -2.81. The predicted octanol–water partition coefficient (Wildman–Crippen LogP) is 3.94. The van der Waals surface area contributed by atoms with Crippen LogP contribution in [0.5, 0.6) is 0 Å². The van der Waals surface area contributed by atoms with Gasteiger partial charge in [-0.15, -0.1) is 0 Å². The molecular weight excluding hydrogens is 250 g/mol. The second kappa shape index (κ2) is 4.10. The van der Waals surface area contributed by atoms with Gasteiger partial charge in [-0.1, -0.05) is 42.5 Å². The molecule has 1 N–H and O–H groups in total. The number of aromatic nitrogens is 1. The molecule has 0 aliphatic carbocycles. The Morgan fingerprint density at radius 2 is 1.75 bits per heavy atom. The predicted molar refractivity (Wildman–Crippen MR) is 79.8 cm³/mol. The molecule has 0 spiro atoms. The molecule has 0 unspecified atom stereocenters. The Balaban J connectivity index is 2.08. The van der Waals surface area contributed by atoms with Crippen LogP contribution in [0.1, 0.15) is 0 Å². The standard InChI is InChI=1S/C17H11NO2/c19-17-14-8-9-20-16(14)10-15(18-17)13-7-3-5-11-4-1-2-6-12(11)13/h1-10H,(H,18,19). The normalized spacial score (nSPS) is 11.2. The van der Waals surface area contributed by atoms with Crippen LogP contribution in [-0.4, -0.2) is 4.98 Å². The molecule has 0 saturated carbocycles. The minimum Gasteiger partial charge on any atom is -0.464 e. The van der Waals surface area contributed by atoms with Gasteiger partial charge in [0.2, 0.25) is 0 Å². The summed E-state index contributed by atoms with van der Waals surface area (Å²) in [6.07, 6.45) is 1.53. The van der Waals surface area contributed by atoms with Gasteiger partial charge in [-0.3, -0.25) is 4.79 Å². The number of furan rings is 1. The Morgan fingerprint density at radius 1 is 0.900 bits per heavy atom. The van der Waals surface area contributed by atoms with Gasteiger partial charge in [-0.25, -0.2) is 0 Å². The van der Waals surface area contributed by atoms with Crippen LogP contribution in [0.15, 0.2) is 70.1 Å². The van der Waals surface area contributed by atoms with E-state index in [1.165, 1.54) is 6.26 Å². The number of rotatable bonds is 1. The van der Waals surface area contributed by atoms with Crippen molar-refractivity contribution < 1.29 is 4.42 Å². The lowest BCUT2D eigenvalue weighted by molar-refractivity contribution is 0.615. The zero-order valence-electron chi connectivity index (χ0n) is 10.6. The minimum atomic E-state index is -0.126. The molecule has 0 saturated heterocycles. The first-order valence-electron chi connectivity index (χ1n) is 6.41. The van der Waals surface area contributed by atoms with E-state index in [1.54, 1.807) is 6.07 Å².